The van der Waals surface area contributed by atoms with Gasteiger partial charge in [0.15, 0.2) is 0 Å². The normalized spacial score (nSPS) is 35.1. The number of rotatable bonds is 0. The molecular formula is C10H14O2. The Hall–Kier alpha value is -0.790. The fourth-order valence-electron chi connectivity index (χ4n) is 2.26. The molecule has 0 bridgehead atoms. The van der Waals surface area contributed by atoms with Gasteiger partial charge in [-0.2, -0.15) is 0 Å². The Morgan fingerprint density at radius 1 is 1.42 bits per heavy atom. The van der Waals surface area contributed by atoms with E-state index in [1.165, 1.54) is 5.57 Å². The van der Waals surface area contributed by atoms with Crippen molar-refractivity contribution in [2.24, 2.45) is 11.8 Å². The van der Waals surface area contributed by atoms with E-state index in [9.17, 15) is 4.79 Å². The van der Waals surface area contributed by atoms with Gasteiger partial charge in [-0.05, 0) is 32.1 Å². The van der Waals surface area contributed by atoms with E-state index in [4.69, 9.17) is 4.74 Å². The highest BCUT2D eigenvalue weighted by atomic mass is 16.5. The average molecular weight is 166 g/mol. The van der Waals surface area contributed by atoms with Crippen molar-refractivity contribution in [1.29, 1.82) is 0 Å². The molecule has 2 atom stereocenters. The maximum absolute atomic E-state index is 11.3. The first-order valence-corrected chi connectivity index (χ1v) is 4.62. The van der Waals surface area contributed by atoms with E-state index in [0.29, 0.717) is 12.5 Å². The molecule has 0 amide bonds. The maximum atomic E-state index is 11.3. The number of cyclic esters (lactones) is 1. The van der Waals surface area contributed by atoms with E-state index >= 15 is 0 Å². The lowest BCUT2D eigenvalue weighted by Crippen LogP contribution is -2.34. The zero-order chi connectivity index (χ0) is 8.55. The van der Waals surface area contributed by atoms with Gasteiger partial charge in [0.05, 0.1) is 12.5 Å². The van der Waals surface area contributed by atoms with Gasteiger partial charge in [0.1, 0.15) is 0 Å². The van der Waals surface area contributed by atoms with Gasteiger partial charge < -0.3 is 4.74 Å². The van der Waals surface area contributed by atoms with Gasteiger partial charge in [-0.3, -0.25) is 4.79 Å². The molecule has 0 spiro atoms. The average Bonchev–Trinajstić information content (AvgIpc) is 2.07. The first kappa shape index (κ1) is 7.84. The van der Waals surface area contributed by atoms with Gasteiger partial charge in [-0.1, -0.05) is 11.6 Å². The summed E-state index contributed by atoms with van der Waals surface area (Å²) >= 11 is 0. The van der Waals surface area contributed by atoms with E-state index in [-0.39, 0.29) is 11.9 Å². The van der Waals surface area contributed by atoms with Crippen molar-refractivity contribution in [1.82, 2.24) is 0 Å². The molecule has 2 aliphatic rings. The molecule has 1 heterocycles. The zero-order valence-electron chi connectivity index (χ0n) is 7.38. The molecule has 0 aromatic rings. The molecule has 2 heteroatoms. The van der Waals surface area contributed by atoms with Crippen molar-refractivity contribution in [2.75, 3.05) is 6.61 Å². The summed E-state index contributed by atoms with van der Waals surface area (Å²) in [7, 11) is 0. The molecule has 0 aromatic heterocycles. The molecule has 12 heavy (non-hydrogen) atoms. The predicted octanol–water partition coefficient (Wildman–Crippen LogP) is 1.91. The largest absolute Gasteiger partial charge is 0.465 e. The van der Waals surface area contributed by atoms with E-state index in [2.05, 4.69) is 13.0 Å². The van der Waals surface area contributed by atoms with Gasteiger partial charge in [0, 0.05) is 0 Å². The van der Waals surface area contributed by atoms with Crippen molar-refractivity contribution in [3.8, 4) is 0 Å². The lowest BCUT2D eigenvalue weighted by Gasteiger charge is -2.33. The summed E-state index contributed by atoms with van der Waals surface area (Å²) in [5.74, 6) is 0.683. The number of fused-ring (bicyclic) bond motifs is 1. The minimum atomic E-state index is 0.0266. The monoisotopic (exact) mass is 166 g/mol. The Kier molecular flexibility index (Phi) is 1.91. The molecule has 1 fully saturated rings. The van der Waals surface area contributed by atoms with Crippen LogP contribution in [0.3, 0.4) is 0 Å². The highest BCUT2D eigenvalue weighted by molar-refractivity contribution is 5.74. The summed E-state index contributed by atoms with van der Waals surface area (Å²) in [6, 6.07) is 0. The van der Waals surface area contributed by atoms with Crippen LogP contribution in [-0.4, -0.2) is 12.6 Å². The van der Waals surface area contributed by atoms with E-state index in [1.54, 1.807) is 0 Å². The summed E-state index contributed by atoms with van der Waals surface area (Å²) in [5, 5.41) is 0. The number of esters is 1. The Labute approximate surface area is 72.6 Å². The van der Waals surface area contributed by atoms with Crippen LogP contribution in [-0.2, 0) is 9.53 Å². The SMILES string of the molecule is CC1=CCC[C@@H]2C(=O)OCC[C@@H]12. The predicted molar refractivity (Wildman–Crippen MR) is 45.5 cm³/mol. The Morgan fingerprint density at radius 2 is 2.25 bits per heavy atom. The van der Waals surface area contributed by atoms with Crippen molar-refractivity contribution in [3.05, 3.63) is 11.6 Å². The van der Waals surface area contributed by atoms with Crippen LogP contribution in [0.25, 0.3) is 0 Å². The van der Waals surface area contributed by atoms with Crippen LogP contribution in [0.1, 0.15) is 26.2 Å². The fourth-order valence-corrected chi connectivity index (χ4v) is 2.26. The molecule has 0 N–H and O–H groups in total. The highest BCUT2D eigenvalue weighted by Gasteiger charge is 2.35. The first-order valence-electron chi connectivity index (χ1n) is 4.62. The fraction of sp³-hybridized carbons (Fsp3) is 0.700. The third kappa shape index (κ3) is 1.15. The summed E-state index contributed by atoms with van der Waals surface area (Å²) in [4.78, 5) is 11.3. The Bertz CT molecular complexity index is 230. The van der Waals surface area contributed by atoms with Gasteiger partial charge >= 0.3 is 5.97 Å². The summed E-state index contributed by atoms with van der Waals surface area (Å²) in [6.07, 6.45) is 5.32. The van der Waals surface area contributed by atoms with Crippen LogP contribution in [0, 0.1) is 11.8 Å². The molecule has 1 aliphatic heterocycles. The molecule has 0 aromatic carbocycles. The van der Waals surface area contributed by atoms with Crippen LogP contribution in [0.4, 0.5) is 0 Å². The van der Waals surface area contributed by atoms with Crippen LogP contribution in [0.2, 0.25) is 0 Å². The van der Waals surface area contributed by atoms with Gasteiger partial charge in [0.25, 0.3) is 0 Å². The van der Waals surface area contributed by atoms with E-state index in [0.717, 1.165) is 19.3 Å². The van der Waals surface area contributed by atoms with Crippen molar-refractivity contribution in [3.63, 3.8) is 0 Å². The zero-order valence-corrected chi connectivity index (χ0v) is 7.38. The van der Waals surface area contributed by atoms with Crippen LogP contribution >= 0.6 is 0 Å². The molecule has 2 rings (SSSR count). The second kappa shape index (κ2) is 2.92. The topological polar surface area (TPSA) is 26.3 Å². The summed E-state index contributed by atoms with van der Waals surface area (Å²) < 4.78 is 5.03. The molecule has 66 valence electrons. The number of carbonyl (C=O) groups excluding carboxylic acids is 1. The van der Waals surface area contributed by atoms with Crippen LogP contribution in [0.15, 0.2) is 11.6 Å². The molecular weight excluding hydrogens is 152 g/mol. The van der Waals surface area contributed by atoms with Crippen LogP contribution in [0.5, 0.6) is 0 Å². The standard InChI is InChI=1S/C10H14O2/c1-7-3-2-4-9-8(7)5-6-12-10(9)11/h3,8-9H,2,4-6H2,1H3/t8-,9-/m0/s1. The number of hydrogen-bond donors (Lipinski definition) is 0. The second-order valence-corrected chi connectivity index (χ2v) is 3.69. The van der Waals surface area contributed by atoms with Gasteiger partial charge in [0.2, 0.25) is 0 Å². The Morgan fingerprint density at radius 3 is 3.00 bits per heavy atom. The molecule has 1 aliphatic carbocycles. The molecule has 0 saturated carbocycles. The highest BCUT2D eigenvalue weighted by Crippen LogP contribution is 2.36. The number of allylic oxidation sites excluding steroid dienone is 2. The van der Waals surface area contributed by atoms with Gasteiger partial charge in [-0.25, -0.2) is 0 Å². The molecule has 1 saturated heterocycles. The van der Waals surface area contributed by atoms with Gasteiger partial charge in [-0.15, -0.1) is 0 Å². The third-order valence-corrected chi connectivity index (χ3v) is 2.99. The number of carbonyl (C=O) groups is 1. The minimum Gasteiger partial charge on any atom is -0.465 e. The summed E-state index contributed by atoms with van der Waals surface area (Å²) in [6.45, 7) is 2.75. The quantitative estimate of drug-likeness (QED) is 0.406. The summed E-state index contributed by atoms with van der Waals surface area (Å²) in [5.41, 5.74) is 1.39. The van der Waals surface area contributed by atoms with Crippen molar-refractivity contribution < 1.29 is 9.53 Å². The molecule has 2 nitrogen and oxygen atoms in total. The first-order chi connectivity index (χ1) is 5.79. The van der Waals surface area contributed by atoms with E-state index < -0.39 is 0 Å². The van der Waals surface area contributed by atoms with Crippen molar-refractivity contribution >= 4 is 5.97 Å². The lowest BCUT2D eigenvalue weighted by atomic mass is 9.76. The molecule has 0 radical (unpaired) electrons. The molecule has 0 unspecified atom stereocenters. The Balaban J connectivity index is 2.20. The minimum absolute atomic E-state index is 0.0266. The second-order valence-electron chi connectivity index (χ2n) is 3.69. The number of ether oxygens (including phenoxy) is 1. The van der Waals surface area contributed by atoms with Crippen LogP contribution < -0.4 is 0 Å². The van der Waals surface area contributed by atoms with Crippen molar-refractivity contribution in [2.45, 2.75) is 26.2 Å². The smallest absolute Gasteiger partial charge is 0.309 e. The third-order valence-electron chi connectivity index (χ3n) is 2.99. The lowest BCUT2D eigenvalue weighted by molar-refractivity contribution is -0.156. The maximum Gasteiger partial charge on any atom is 0.309 e. The number of hydrogen-bond acceptors (Lipinski definition) is 2. The van der Waals surface area contributed by atoms with E-state index in [1.807, 2.05) is 0 Å².